The zero-order valence-corrected chi connectivity index (χ0v) is 13.0. The Labute approximate surface area is 127 Å². The van der Waals surface area contributed by atoms with Crippen LogP contribution in [-0.4, -0.2) is 17.6 Å². The number of amides is 1. The number of carbonyl (C=O) groups is 1. The van der Waals surface area contributed by atoms with Crippen molar-refractivity contribution < 1.29 is 9.90 Å². The number of hydrogen-bond donors (Lipinski definition) is 2. The maximum Gasteiger partial charge on any atom is 0.224 e. The summed E-state index contributed by atoms with van der Waals surface area (Å²) in [4.78, 5) is 11.9. The molecule has 1 aromatic carbocycles. The van der Waals surface area contributed by atoms with Crippen LogP contribution in [0.3, 0.4) is 0 Å². The third-order valence-corrected chi connectivity index (χ3v) is 4.35. The Bertz CT molecular complexity index is 464. The summed E-state index contributed by atoms with van der Waals surface area (Å²) < 4.78 is 0. The van der Waals surface area contributed by atoms with Crippen molar-refractivity contribution in [1.82, 2.24) is 5.32 Å². The van der Waals surface area contributed by atoms with Crippen molar-refractivity contribution in [2.24, 2.45) is 0 Å². The Hall–Kier alpha value is -1.51. The number of phenols is 1. The van der Waals surface area contributed by atoms with Gasteiger partial charge in [-0.2, -0.15) is 0 Å². The van der Waals surface area contributed by atoms with Gasteiger partial charge in [-0.05, 0) is 42.4 Å². The first-order chi connectivity index (χ1) is 10.2. The molecule has 0 spiro atoms. The van der Waals surface area contributed by atoms with E-state index in [0.717, 1.165) is 43.4 Å². The fraction of sp³-hybridized carbons (Fsp3) is 0.611. The first-order valence-electron chi connectivity index (χ1n) is 8.29. The minimum Gasteiger partial charge on any atom is -0.508 e. The zero-order valence-electron chi connectivity index (χ0n) is 13.0. The minimum atomic E-state index is 0.0729. The van der Waals surface area contributed by atoms with Gasteiger partial charge in [-0.3, -0.25) is 4.79 Å². The number of hydrogen-bond acceptors (Lipinski definition) is 2. The van der Waals surface area contributed by atoms with Gasteiger partial charge in [0, 0.05) is 6.54 Å². The molecule has 1 aromatic rings. The summed E-state index contributed by atoms with van der Waals surface area (Å²) in [6.07, 6.45) is 8.61. The Morgan fingerprint density at radius 2 is 2.05 bits per heavy atom. The molecule has 0 unspecified atom stereocenters. The second kappa shape index (κ2) is 8.06. The summed E-state index contributed by atoms with van der Waals surface area (Å²) >= 11 is 0. The second-order valence-electron chi connectivity index (χ2n) is 6.11. The smallest absolute Gasteiger partial charge is 0.224 e. The average molecular weight is 289 g/mol. The molecule has 0 bridgehead atoms. The van der Waals surface area contributed by atoms with Gasteiger partial charge >= 0.3 is 0 Å². The van der Waals surface area contributed by atoms with E-state index >= 15 is 0 Å². The van der Waals surface area contributed by atoms with E-state index in [1.54, 1.807) is 6.07 Å². The van der Waals surface area contributed by atoms with E-state index in [-0.39, 0.29) is 5.91 Å². The monoisotopic (exact) mass is 289 g/mol. The summed E-state index contributed by atoms with van der Waals surface area (Å²) in [5.74, 6) is 0.919. The van der Waals surface area contributed by atoms with Gasteiger partial charge in [0.1, 0.15) is 5.75 Å². The van der Waals surface area contributed by atoms with Crippen LogP contribution in [0, 0.1) is 0 Å². The lowest BCUT2D eigenvalue weighted by atomic mass is 9.83. The van der Waals surface area contributed by atoms with Crippen molar-refractivity contribution in [3.8, 4) is 5.75 Å². The van der Waals surface area contributed by atoms with Gasteiger partial charge in [0.25, 0.3) is 0 Å². The molecule has 0 heterocycles. The molecular formula is C18H27NO2. The summed E-state index contributed by atoms with van der Waals surface area (Å²) in [5, 5.41) is 13.0. The van der Waals surface area contributed by atoms with E-state index in [1.165, 1.54) is 19.3 Å². The number of aromatic hydroxyl groups is 1. The van der Waals surface area contributed by atoms with Crippen LogP contribution in [0.25, 0.3) is 0 Å². The molecule has 116 valence electrons. The van der Waals surface area contributed by atoms with Crippen molar-refractivity contribution in [2.75, 3.05) is 6.54 Å². The molecule has 2 N–H and O–H groups in total. The first kappa shape index (κ1) is 15.9. The van der Waals surface area contributed by atoms with Gasteiger partial charge in [0.15, 0.2) is 0 Å². The number of rotatable bonds is 6. The number of benzene rings is 1. The molecule has 0 aliphatic heterocycles. The Kier molecular flexibility index (Phi) is 6.09. The number of unbranched alkanes of at least 4 members (excludes halogenated alkanes) is 1. The van der Waals surface area contributed by atoms with Gasteiger partial charge in [-0.15, -0.1) is 0 Å². The Morgan fingerprint density at radius 3 is 2.76 bits per heavy atom. The molecule has 1 amide bonds. The van der Waals surface area contributed by atoms with E-state index < -0.39 is 0 Å². The quantitative estimate of drug-likeness (QED) is 0.780. The molecule has 0 aromatic heterocycles. The Balaban J connectivity index is 1.99. The minimum absolute atomic E-state index is 0.0729. The average Bonchev–Trinajstić information content (AvgIpc) is 2.50. The highest BCUT2D eigenvalue weighted by Gasteiger charge is 2.19. The Morgan fingerprint density at radius 1 is 1.29 bits per heavy atom. The summed E-state index contributed by atoms with van der Waals surface area (Å²) in [6, 6.07) is 5.64. The fourth-order valence-corrected chi connectivity index (χ4v) is 3.11. The van der Waals surface area contributed by atoms with E-state index in [4.69, 9.17) is 0 Å². The van der Waals surface area contributed by atoms with Crippen LogP contribution in [-0.2, 0) is 11.2 Å². The third kappa shape index (κ3) is 4.76. The maximum atomic E-state index is 11.9. The van der Waals surface area contributed by atoms with Crippen LogP contribution < -0.4 is 5.32 Å². The molecule has 0 radical (unpaired) electrons. The molecule has 0 atom stereocenters. The van der Waals surface area contributed by atoms with E-state index in [0.29, 0.717) is 18.1 Å². The van der Waals surface area contributed by atoms with Crippen LogP contribution >= 0.6 is 0 Å². The lowest BCUT2D eigenvalue weighted by Crippen LogP contribution is -2.26. The van der Waals surface area contributed by atoms with Gasteiger partial charge < -0.3 is 10.4 Å². The summed E-state index contributed by atoms with van der Waals surface area (Å²) in [6.45, 7) is 2.87. The first-order valence-corrected chi connectivity index (χ1v) is 8.29. The topological polar surface area (TPSA) is 49.3 Å². The highest BCUT2D eigenvalue weighted by atomic mass is 16.3. The molecule has 3 nitrogen and oxygen atoms in total. The molecule has 1 saturated carbocycles. The summed E-state index contributed by atoms with van der Waals surface area (Å²) in [7, 11) is 0. The fourth-order valence-electron chi connectivity index (χ4n) is 3.11. The molecule has 1 aliphatic rings. The highest BCUT2D eigenvalue weighted by Crippen LogP contribution is 2.37. The predicted octanol–water partition coefficient (Wildman–Crippen LogP) is 3.90. The van der Waals surface area contributed by atoms with Crippen molar-refractivity contribution in [2.45, 2.75) is 64.2 Å². The van der Waals surface area contributed by atoms with Crippen molar-refractivity contribution in [3.05, 3.63) is 29.3 Å². The van der Waals surface area contributed by atoms with Crippen LogP contribution in [0.5, 0.6) is 5.75 Å². The highest BCUT2D eigenvalue weighted by molar-refractivity contribution is 5.78. The van der Waals surface area contributed by atoms with E-state index in [9.17, 15) is 9.90 Å². The van der Waals surface area contributed by atoms with Crippen LogP contribution in [0.15, 0.2) is 18.2 Å². The normalized spacial score (nSPS) is 15.9. The van der Waals surface area contributed by atoms with Crippen molar-refractivity contribution >= 4 is 5.91 Å². The van der Waals surface area contributed by atoms with E-state index in [1.807, 2.05) is 12.1 Å². The van der Waals surface area contributed by atoms with Gasteiger partial charge in [0.2, 0.25) is 5.91 Å². The molecule has 0 saturated heterocycles. The SMILES string of the molecule is CCCCNC(=O)Cc1ccc(O)c(C2CCCCC2)c1. The molecule has 1 fully saturated rings. The molecular weight excluding hydrogens is 262 g/mol. The van der Waals surface area contributed by atoms with Crippen molar-refractivity contribution in [3.63, 3.8) is 0 Å². The van der Waals surface area contributed by atoms with Crippen molar-refractivity contribution in [1.29, 1.82) is 0 Å². The van der Waals surface area contributed by atoms with Gasteiger partial charge in [0.05, 0.1) is 6.42 Å². The van der Waals surface area contributed by atoms with Gasteiger partial charge in [-0.1, -0.05) is 44.7 Å². The third-order valence-electron chi connectivity index (χ3n) is 4.35. The standard InChI is InChI=1S/C18H27NO2/c1-2-3-11-19-18(21)13-14-9-10-17(20)16(12-14)15-7-5-4-6-8-15/h9-10,12,15,20H,2-8,11,13H2,1H3,(H,19,21). The van der Waals surface area contributed by atoms with Crippen LogP contribution in [0.1, 0.15) is 68.9 Å². The number of nitrogens with one attached hydrogen (secondary N) is 1. The van der Waals surface area contributed by atoms with Gasteiger partial charge in [-0.25, -0.2) is 0 Å². The number of phenolic OH excluding ortho intramolecular Hbond substituents is 1. The predicted molar refractivity (Wildman–Crippen MR) is 85.6 cm³/mol. The molecule has 1 aliphatic carbocycles. The second-order valence-corrected chi connectivity index (χ2v) is 6.11. The molecule has 2 rings (SSSR count). The maximum absolute atomic E-state index is 11.9. The summed E-state index contributed by atoms with van der Waals surface area (Å²) in [5.41, 5.74) is 2.04. The largest absolute Gasteiger partial charge is 0.508 e. The molecule has 21 heavy (non-hydrogen) atoms. The van der Waals surface area contributed by atoms with E-state index in [2.05, 4.69) is 12.2 Å². The van der Waals surface area contributed by atoms with Crippen LogP contribution in [0.2, 0.25) is 0 Å². The lowest BCUT2D eigenvalue weighted by Gasteiger charge is -2.23. The molecule has 3 heteroatoms. The number of carbonyl (C=O) groups excluding carboxylic acids is 1. The lowest BCUT2D eigenvalue weighted by molar-refractivity contribution is -0.120. The van der Waals surface area contributed by atoms with Crippen LogP contribution in [0.4, 0.5) is 0 Å². The zero-order chi connectivity index (χ0) is 15.1.